The SMILES string of the molecule is Cc1cn(CC(=O)C2CNCc3sc(NC(=O)CCc4ccccc4)c(C#N)c32)cn1. The third-order valence-electron chi connectivity index (χ3n) is 5.34. The Bertz CT molecular complexity index is 1140. The molecule has 158 valence electrons. The average molecular weight is 434 g/mol. The number of thiophene rings is 1. The van der Waals surface area contributed by atoms with Gasteiger partial charge in [0.25, 0.3) is 0 Å². The van der Waals surface area contributed by atoms with Crippen molar-refractivity contribution in [1.82, 2.24) is 14.9 Å². The quantitative estimate of drug-likeness (QED) is 0.596. The van der Waals surface area contributed by atoms with E-state index in [4.69, 9.17) is 0 Å². The number of carbonyl (C=O) groups excluding carboxylic acids is 2. The number of benzene rings is 1. The number of amides is 1. The van der Waals surface area contributed by atoms with Gasteiger partial charge < -0.3 is 15.2 Å². The molecule has 1 atom stereocenters. The van der Waals surface area contributed by atoms with Crippen LogP contribution in [0.3, 0.4) is 0 Å². The van der Waals surface area contributed by atoms with Crippen LogP contribution in [0.4, 0.5) is 5.00 Å². The van der Waals surface area contributed by atoms with Gasteiger partial charge in [-0.2, -0.15) is 5.26 Å². The Morgan fingerprint density at radius 1 is 1.35 bits per heavy atom. The number of ketones is 1. The first-order valence-electron chi connectivity index (χ1n) is 10.2. The third kappa shape index (κ3) is 4.74. The van der Waals surface area contributed by atoms with Crippen molar-refractivity contribution < 1.29 is 9.59 Å². The summed E-state index contributed by atoms with van der Waals surface area (Å²) >= 11 is 1.38. The molecule has 1 aliphatic rings. The number of aryl methyl sites for hydroxylation is 2. The lowest BCUT2D eigenvalue weighted by Gasteiger charge is -2.23. The Morgan fingerprint density at radius 3 is 2.87 bits per heavy atom. The van der Waals surface area contributed by atoms with Crippen molar-refractivity contribution in [3.8, 4) is 6.07 Å². The van der Waals surface area contributed by atoms with Gasteiger partial charge in [0.1, 0.15) is 11.1 Å². The number of anilines is 1. The highest BCUT2D eigenvalue weighted by molar-refractivity contribution is 7.16. The topological polar surface area (TPSA) is 99.8 Å². The molecule has 0 saturated heterocycles. The van der Waals surface area contributed by atoms with Gasteiger partial charge in [0.2, 0.25) is 5.91 Å². The maximum atomic E-state index is 13.0. The van der Waals surface area contributed by atoms with Gasteiger partial charge in [-0.05, 0) is 24.5 Å². The molecule has 8 heteroatoms. The highest BCUT2D eigenvalue weighted by Crippen LogP contribution is 2.40. The molecule has 7 nitrogen and oxygen atoms in total. The highest BCUT2D eigenvalue weighted by atomic mass is 32.1. The lowest BCUT2D eigenvalue weighted by Crippen LogP contribution is -2.33. The fourth-order valence-electron chi connectivity index (χ4n) is 3.84. The second-order valence-electron chi connectivity index (χ2n) is 7.63. The minimum Gasteiger partial charge on any atom is -0.330 e. The molecule has 2 N–H and O–H groups in total. The molecule has 0 spiro atoms. The summed E-state index contributed by atoms with van der Waals surface area (Å²) in [6.07, 6.45) is 4.43. The van der Waals surface area contributed by atoms with E-state index in [-0.39, 0.29) is 18.2 Å². The molecule has 1 amide bonds. The first kappa shape index (κ1) is 21.0. The number of hydrogen-bond donors (Lipinski definition) is 2. The van der Waals surface area contributed by atoms with E-state index in [9.17, 15) is 14.9 Å². The van der Waals surface area contributed by atoms with Crippen LogP contribution in [-0.2, 0) is 29.1 Å². The van der Waals surface area contributed by atoms with Gasteiger partial charge >= 0.3 is 0 Å². The maximum absolute atomic E-state index is 13.0. The zero-order chi connectivity index (χ0) is 21.8. The summed E-state index contributed by atoms with van der Waals surface area (Å²) in [7, 11) is 0. The number of hydrogen-bond acceptors (Lipinski definition) is 6. The van der Waals surface area contributed by atoms with E-state index in [1.807, 2.05) is 43.5 Å². The van der Waals surface area contributed by atoms with Crippen LogP contribution in [0.5, 0.6) is 0 Å². The molecule has 0 fully saturated rings. The Labute approximate surface area is 184 Å². The molecule has 4 rings (SSSR count). The van der Waals surface area contributed by atoms with Gasteiger partial charge in [0.15, 0.2) is 5.78 Å². The Hall–Kier alpha value is -3.28. The van der Waals surface area contributed by atoms with E-state index in [1.54, 1.807) is 10.9 Å². The van der Waals surface area contributed by atoms with Crippen LogP contribution in [0.25, 0.3) is 0 Å². The number of fused-ring (bicyclic) bond motifs is 1. The molecule has 1 unspecified atom stereocenters. The number of aromatic nitrogens is 2. The smallest absolute Gasteiger partial charge is 0.225 e. The first-order chi connectivity index (χ1) is 15.0. The standard InChI is InChI=1S/C23H23N5O2S/c1-15-12-28(14-26-15)13-19(29)18-10-25-11-20-22(18)17(9-24)23(31-20)27-21(30)8-7-16-5-3-2-4-6-16/h2-6,12,14,18,25H,7-8,10-11,13H2,1H3,(H,27,30). The number of rotatable bonds is 7. The van der Waals surface area contributed by atoms with Crippen molar-refractivity contribution in [2.45, 2.75) is 38.8 Å². The summed E-state index contributed by atoms with van der Waals surface area (Å²) in [4.78, 5) is 30.6. The van der Waals surface area contributed by atoms with E-state index < -0.39 is 5.92 Å². The van der Waals surface area contributed by atoms with Crippen LogP contribution >= 0.6 is 11.3 Å². The van der Waals surface area contributed by atoms with E-state index in [0.29, 0.717) is 36.5 Å². The molecule has 0 bridgehead atoms. The Kier molecular flexibility index (Phi) is 6.26. The van der Waals surface area contributed by atoms with Gasteiger partial charge in [-0.15, -0.1) is 11.3 Å². The Morgan fingerprint density at radius 2 is 2.16 bits per heavy atom. The van der Waals surface area contributed by atoms with Crippen molar-refractivity contribution in [2.24, 2.45) is 0 Å². The number of nitrogens with zero attached hydrogens (tertiary/aromatic N) is 3. The largest absolute Gasteiger partial charge is 0.330 e. The van der Waals surface area contributed by atoms with Crippen LogP contribution < -0.4 is 10.6 Å². The van der Waals surface area contributed by atoms with E-state index >= 15 is 0 Å². The molecule has 3 aromatic rings. The van der Waals surface area contributed by atoms with Crippen LogP contribution in [0.1, 0.15) is 39.6 Å². The van der Waals surface area contributed by atoms with Crippen molar-refractivity contribution in [3.05, 3.63) is 70.1 Å². The second kappa shape index (κ2) is 9.25. The molecular weight excluding hydrogens is 410 g/mol. The van der Waals surface area contributed by atoms with Crippen molar-refractivity contribution in [2.75, 3.05) is 11.9 Å². The second-order valence-corrected chi connectivity index (χ2v) is 8.73. The van der Waals surface area contributed by atoms with Gasteiger partial charge in [-0.25, -0.2) is 4.98 Å². The molecule has 0 radical (unpaired) electrons. The molecule has 1 aliphatic heterocycles. The molecule has 0 saturated carbocycles. The average Bonchev–Trinajstić information content (AvgIpc) is 3.34. The van der Waals surface area contributed by atoms with Crippen LogP contribution in [0, 0.1) is 18.3 Å². The van der Waals surface area contributed by atoms with E-state index in [2.05, 4.69) is 21.7 Å². The summed E-state index contributed by atoms with van der Waals surface area (Å²) in [5, 5.41) is 16.5. The van der Waals surface area contributed by atoms with Crippen LogP contribution in [0.2, 0.25) is 0 Å². The number of imidazole rings is 1. The monoisotopic (exact) mass is 433 g/mol. The fraction of sp³-hybridized carbons (Fsp3) is 0.304. The molecular formula is C23H23N5O2S. The van der Waals surface area contributed by atoms with Crippen LogP contribution in [0.15, 0.2) is 42.9 Å². The van der Waals surface area contributed by atoms with Gasteiger partial charge in [0.05, 0.1) is 30.0 Å². The number of carbonyl (C=O) groups is 2. The van der Waals surface area contributed by atoms with E-state index in [1.165, 1.54) is 11.3 Å². The summed E-state index contributed by atoms with van der Waals surface area (Å²) < 4.78 is 1.76. The lowest BCUT2D eigenvalue weighted by atomic mass is 9.89. The molecule has 2 aromatic heterocycles. The van der Waals surface area contributed by atoms with E-state index in [0.717, 1.165) is 21.7 Å². The molecule has 0 aliphatic carbocycles. The Balaban J connectivity index is 1.50. The van der Waals surface area contributed by atoms with Gasteiger partial charge in [0, 0.05) is 30.6 Å². The summed E-state index contributed by atoms with van der Waals surface area (Å²) in [5.74, 6) is -0.543. The summed E-state index contributed by atoms with van der Waals surface area (Å²) in [5.41, 5.74) is 3.11. The minimum atomic E-state index is -0.424. The molecule has 31 heavy (non-hydrogen) atoms. The third-order valence-corrected chi connectivity index (χ3v) is 6.46. The maximum Gasteiger partial charge on any atom is 0.225 e. The number of Topliss-reactive ketones (excluding diaryl/α,β-unsaturated/α-hetero) is 1. The number of nitrogens with one attached hydrogen (secondary N) is 2. The summed E-state index contributed by atoms with van der Waals surface area (Å²) in [6.45, 7) is 3.14. The predicted octanol–water partition coefficient (Wildman–Crippen LogP) is 3.15. The molecule has 1 aromatic carbocycles. The van der Waals surface area contributed by atoms with Crippen molar-refractivity contribution >= 4 is 28.0 Å². The summed E-state index contributed by atoms with van der Waals surface area (Å²) in [6, 6.07) is 12.0. The van der Waals surface area contributed by atoms with Crippen LogP contribution in [-0.4, -0.2) is 27.8 Å². The first-order valence-corrected chi connectivity index (χ1v) is 11.0. The zero-order valence-corrected chi connectivity index (χ0v) is 18.0. The number of nitriles is 1. The van der Waals surface area contributed by atoms with Crippen molar-refractivity contribution in [1.29, 1.82) is 5.26 Å². The van der Waals surface area contributed by atoms with Crippen molar-refractivity contribution in [3.63, 3.8) is 0 Å². The predicted molar refractivity (Wildman–Crippen MR) is 119 cm³/mol. The normalized spacial score (nSPS) is 15.2. The molecule has 3 heterocycles. The lowest BCUT2D eigenvalue weighted by molar-refractivity contribution is -0.121. The van der Waals surface area contributed by atoms with Gasteiger partial charge in [-0.3, -0.25) is 9.59 Å². The van der Waals surface area contributed by atoms with Gasteiger partial charge in [-0.1, -0.05) is 30.3 Å². The highest BCUT2D eigenvalue weighted by Gasteiger charge is 2.33. The fourth-order valence-corrected chi connectivity index (χ4v) is 5.03. The minimum absolute atomic E-state index is 0.0158. The zero-order valence-electron chi connectivity index (χ0n) is 17.2.